The third-order valence-electron chi connectivity index (χ3n) is 3.43. The maximum absolute atomic E-state index is 12.4. The number of ether oxygens (including phenoxy) is 1. The second-order valence-corrected chi connectivity index (χ2v) is 4.95. The van der Waals surface area contributed by atoms with Crippen LogP contribution in [0.3, 0.4) is 0 Å². The lowest BCUT2D eigenvalue weighted by Crippen LogP contribution is -2.30. The predicted octanol–water partition coefficient (Wildman–Crippen LogP) is 2.65. The van der Waals surface area contributed by atoms with E-state index >= 15 is 0 Å². The fraction of sp³-hybridized carbons (Fsp3) is 0.222. The highest BCUT2D eigenvalue weighted by molar-refractivity contribution is 5.88. The molecule has 2 rings (SSSR count). The summed E-state index contributed by atoms with van der Waals surface area (Å²) in [5.41, 5.74) is 1.82. The molecule has 4 heteroatoms. The van der Waals surface area contributed by atoms with E-state index in [0.717, 1.165) is 11.1 Å². The van der Waals surface area contributed by atoms with E-state index in [9.17, 15) is 9.59 Å². The molecule has 2 aromatic rings. The molecule has 0 aliphatic rings. The number of hydrogen-bond donors (Lipinski definition) is 1. The van der Waals surface area contributed by atoms with Crippen LogP contribution in [-0.4, -0.2) is 19.0 Å². The summed E-state index contributed by atoms with van der Waals surface area (Å²) in [6.45, 7) is 0.435. The smallest absolute Gasteiger partial charge is 0.306 e. The Morgan fingerprint density at radius 3 is 2.18 bits per heavy atom. The molecule has 0 aliphatic heterocycles. The van der Waals surface area contributed by atoms with Crippen molar-refractivity contribution < 1.29 is 14.3 Å². The first-order valence-corrected chi connectivity index (χ1v) is 7.14. The first kappa shape index (κ1) is 15.8. The van der Waals surface area contributed by atoms with Gasteiger partial charge in [0.05, 0.1) is 19.4 Å². The van der Waals surface area contributed by atoms with Crippen LogP contribution in [-0.2, 0) is 20.9 Å². The van der Waals surface area contributed by atoms with Gasteiger partial charge in [0.25, 0.3) is 0 Å². The molecular formula is C18H19NO3. The van der Waals surface area contributed by atoms with Gasteiger partial charge in [-0.3, -0.25) is 9.59 Å². The Bertz CT molecular complexity index is 611. The Morgan fingerprint density at radius 1 is 1.00 bits per heavy atom. The van der Waals surface area contributed by atoms with Gasteiger partial charge >= 0.3 is 5.97 Å². The molecule has 1 atom stereocenters. The number of carbonyl (C=O) groups is 2. The maximum atomic E-state index is 12.4. The first-order chi connectivity index (χ1) is 10.7. The van der Waals surface area contributed by atoms with Crippen LogP contribution < -0.4 is 5.32 Å². The summed E-state index contributed by atoms with van der Waals surface area (Å²) < 4.78 is 4.70. The van der Waals surface area contributed by atoms with Crippen molar-refractivity contribution in [1.29, 1.82) is 0 Å². The summed E-state index contributed by atoms with van der Waals surface area (Å²) in [5, 5.41) is 2.88. The minimum absolute atomic E-state index is 0.0289. The Hall–Kier alpha value is -2.62. The molecule has 0 fully saturated rings. The molecule has 114 valence electrons. The van der Waals surface area contributed by atoms with Crippen LogP contribution in [0.15, 0.2) is 60.7 Å². The number of amides is 1. The third-order valence-corrected chi connectivity index (χ3v) is 3.43. The van der Waals surface area contributed by atoms with E-state index < -0.39 is 11.9 Å². The summed E-state index contributed by atoms with van der Waals surface area (Å²) in [7, 11) is 1.33. The number of carbonyl (C=O) groups excluding carboxylic acids is 2. The topological polar surface area (TPSA) is 55.4 Å². The average molecular weight is 297 g/mol. The number of hydrogen-bond acceptors (Lipinski definition) is 3. The Kier molecular flexibility index (Phi) is 5.72. The number of benzene rings is 2. The van der Waals surface area contributed by atoms with Crippen molar-refractivity contribution in [3.05, 3.63) is 71.8 Å². The average Bonchev–Trinajstić information content (AvgIpc) is 2.59. The molecule has 0 bridgehead atoms. The van der Waals surface area contributed by atoms with Crippen molar-refractivity contribution in [2.24, 2.45) is 0 Å². The van der Waals surface area contributed by atoms with Gasteiger partial charge in [0.2, 0.25) is 5.91 Å². The van der Waals surface area contributed by atoms with Gasteiger partial charge in [0.15, 0.2) is 0 Å². The third kappa shape index (κ3) is 4.45. The fourth-order valence-corrected chi connectivity index (χ4v) is 2.21. The van der Waals surface area contributed by atoms with Gasteiger partial charge < -0.3 is 10.1 Å². The van der Waals surface area contributed by atoms with Crippen LogP contribution in [0.25, 0.3) is 0 Å². The Balaban J connectivity index is 2.07. The highest BCUT2D eigenvalue weighted by Crippen LogP contribution is 2.20. The molecule has 1 amide bonds. The molecule has 1 unspecified atom stereocenters. The molecule has 0 aromatic heterocycles. The second kappa shape index (κ2) is 7.98. The van der Waals surface area contributed by atoms with Crippen LogP contribution in [0.4, 0.5) is 0 Å². The number of nitrogens with one attached hydrogen (secondary N) is 1. The maximum Gasteiger partial charge on any atom is 0.306 e. The standard InChI is InChI=1S/C18H19NO3/c1-22-17(20)12-16(15-10-6-3-7-11-15)18(21)19-13-14-8-4-2-5-9-14/h2-11,16H,12-13H2,1H3,(H,19,21). The van der Waals surface area contributed by atoms with Crippen LogP contribution >= 0.6 is 0 Å². The molecule has 0 heterocycles. The van der Waals surface area contributed by atoms with Gasteiger partial charge in [0, 0.05) is 6.54 Å². The van der Waals surface area contributed by atoms with Crippen LogP contribution in [0.1, 0.15) is 23.5 Å². The lowest BCUT2D eigenvalue weighted by atomic mass is 9.94. The van der Waals surface area contributed by atoms with E-state index in [4.69, 9.17) is 4.74 Å². The molecule has 0 saturated carbocycles. The van der Waals surface area contributed by atoms with Crippen molar-refractivity contribution in [3.63, 3.8) is 0 Å². The van der Waals surface area contributed by atoms with Gasteiger partial charge in [0.1, 0.15) is 0 Å². The SMILES string of the molecule is COC(=O)CC(C(=O)NCc1ccccc1)c1ccccc1. The van der Waals surface area contributed by atoms with Crippen LogP contribution in [0.2, 0.25) is 0 Å². The fourth-order valence-electron chi connectivity index (χ4n) is 2.21. The zero-order valence-corrected chi connectivity index (χ0v) is 12.5. The normalized spacial score (nSPS) is 11.5. The number of esters is 1. The summed E-state index contributed by atoms with van der Waals surface area (Å²) in [6, 6.07) is 18.9. The molecule has 0 radical (unpaired) electrons. The highest BCUT2D eigenvalue weighted by Gasteiger charge is 2.23. The first-order valence-electron chi connectivity index (χ1n) is 7.14. The predicted molar refractivity (Wildman–Crippen MR) is 84.1 cm³/mol. The van der Waals surface area contributed by atoms with Crippen molar-refractivity contribution in [2.45, 2.75) is 18.9 Å². The van der Waals surface area contributed by atoms with E-state index in [1.807, 2.05) is 60.7 Å². The van der Waals surface area contributed by atoms with Gasteiger partial charge in [-0.2, -0.15) is 0 Å². The van der Waals surface area contributed by atoms with Gasteiger partial charge in [-0.05, 0) is 11.1 Å². The monoisotopic (exact) mass is 297 g/mol. The zero-order chi connectivity index (χ0) is 15.8. The van der Waals surface area contributed by atoms with E-state index in [0.29, 0.717) is 6.54 Å². The van der Waals surface area contributed by atoms with Crippen molar-refractivity contribution >= 4 is 11.9 Å². The lowest BCUT2D eigenvalue weighted by molar-refractivity contribution is -0.142. The zero-order valence-electron chi connectivity index (χ0n) is 12.5. The summed E-state index contributed by atoms with van der Waals surface area (Å²) >= 11 is 0. The van der Waals surface area contributed by atoms with Gasteiger partial charge in [-0.1, -0.05) is 60.7 Å². The Morgan fingerprint density at radius 2 is 1.59 bits per heavy atom. The number of methoxy groups -OCH3 is 1. The molecule has 2 aromatic carbocycles. The summed E-state index contributed by atoms with van der Waals surface area (Å²) in [5.74, 6) is -1.12. The highest BCUT2D eigenvalue weighted by atomic mass is 16.5. The molecule has 0 spiro atoms. The quantitative estimate of drug-likeness (QED) is 0.834. The van der Waals surface area contributed by atoms with E-state index in [2.05, 4.69) is 5.32 Å². The van der Waals surface area contributed by atoms with E-state index in [1.54, 1.807) is 0 Å². The van der Waals surface area contributed by atoms with E-state index in [-0.39, 0.29) is 12.3 Å². The van der Waals surface area contributed by atoms with Crippen molar-refractivity contribution in [2.75, 3.05) is 7.11 Å². The van der Waals surface area contributed by atoms with Crippen LogP contribution in [0, 0.1) is 0 Å². The largest absolute Gasteiger partial charge is 0.469 e. The van der Waals surface area contributed by atoms with E-state index in [1.165, 1.54) is 7.11 Å². The molecule has 0 saturated heterocycles. The van der Waals surface area contributed by atoms with Crippen LogP contribution in [0.5, 0.6) is 0 Å². The molecule has 4 nitrogen and oxygen atoms in total. The molecule has 0 aliphatic carbocycles. The van der Waals surface area contributed by atoms with Gasteiger partial charge in [-0.15, -0.1) is 0 Å². The molecule has 22 heavy (non-hydrogen) atoms. The molecular weight excluding hydrogens is 278 g/mol. The summed E-state index contributed by atoms with van der Waals surface area (Å²) in [4.78, 5) is 24.0. The minimum Gasteiger partial charge on any atom is -0.469 e. The number of rotatable bonds is 6. The van der Waals surface area contributed by atoms with Crippen molar-refractivity contribution in [1.82, 2.24) is 5.32 Å². The Labute approximate surface area is 130 Å². The van der Waals surface area contributed by atoms with Gasteiger partial charge in [-0.25, -0.2) is 0 Å². The minimum atomic E-state index is -0.544. The molecule has 1 N–H and O–H groups in total. The lowest BCUT2D eigenvalue weighted by Gasteiger charge is -2.16. The second-order valence-electron chi connectivity index (χ2n) is 4.95. The summed E-state index contributed by atoms with van der Waals surface area (Å²) in [6.07, 6.45) is 0.0289. The van der Waals surface area contributed by atoms with Crippen molar-refractivity contribution in [3.8, 4) is 0 Å².